The fourth-order valence-electron chi connectivity index (χ4n) is 1.80. The Morgan fingerprint density at radius 1 is 1.61 bits per heavy atom. The van der Waals surface area contributed by atoms with Crippen LogP contribution in [0.2, 0.25) is 0 Å². The fraction of sp³-hybridized carbons (Fsp3) is 0.417. The lowest BCUT2D eigenvalue weighted by Crippen LogP contribution is -2.17. The molecular formula is C12H15BrN2O3. The van der Waals surface area contributed by atoms with Gasteiger partial charge in [-0.15, -0.1) is 0 Å². The summed E-state index contributed by atoms with van der Waals surface area (Å²) < 4.78 is 11.9. The summed E-state index contributed by atoms with van der Waals surface area (Å²) in [5, 5.41) is 11.7. The van der Waals surface area contributed by atoms with E-state index in [4.69, 9.17) is 20.4 Å². The van der Waals surface area contributed by atoms with Gasteiger partial charge in [-0.25, -0.2) is 0 Å². The number of hydrogen-bond acceptors (Lipinski definition) is 4. The normalized spacial score (nSPS) is 20.1. The molecule has 0 radical (unpaired) electrons. The van der Waals surface area contributed by atoms with Gasteiger partial charge < -0.3 is 20.4 Å². The Balaban J connectivity index is 2.11. The molecule has 1 fully saturated rings. The number of nitrogens with zero attached hydrogens (tertiary/aromatic N) is 1. The van der Waals surface area contributed by atoms with E-state index in [9.17, 15) is 0 Å². The maximum Gasteiger partial charge on any atom is 0.173 e. The minimum Gasteiger partial charge on any atom is -0.492 e. The molecule has 1 unspecified atom stereocenters. The lowest BCUT2D eigenvalue weighted by molar-refractivity contribution is 0.167. The zero-order valence-corrected chi connectivity index (χ0v) is 11.4. The molecule has 1 aliphatic rings. The largest absolute Gasteiger partial charge is 0.492 e. The molecule has 1 aromatic rings. The van der Waals surface area contributed by atoms with E-state index in [0.717, 1.165) is 24.1 Å². The van der Waals surface area contributed by atoms with Crippen LogP contribution >= 0.6 is 15.9 Å². The Morgan fingerprint density at radius 2 is 2.44 bits per heavy atom. The summed E-state index contributed by atoms with van der Waals surface area (Å²) in [6, 6.07) is 5.38. The second-order valence-corrected chi connectivity index (χ2v) is 5.08. The van der Waals surface area contributed by atoms with Crippen LogP contribution in [0.15, 0.2) is 27.8 Å². The molecule has 1 aliphatic heterocycles. The van der Waals surface area contributed by atoms with E-state index < -0.39 is 0 Å². The number of hydrogen-bond donors (Lipinski definition) is 2. The monoisotopic (exact) mass is 314 g/mol. The standard InChI is InChI=1S/C12H15BrN2O3/c13-9-1-2-10(12(14)15-16)11(5-9)18-7-8-3-4-17-6-8/h1-2,5,8,16H,3-4,6-7H2,(H2,14,15). The Labute approximate surface area is 114 Å². The number of ether oxygens (including phenoxy) is 2. The van der Waals surface area contributed by atoms with Crippen LogP contribution in [-0.4, -0.2) is 30.9 Å². The van der Waals surface area contributed by atoms with Gasteiger partial charge >= 0.3 is 0 Å². The third-order valence-electron chi connectivity index (χ3n) is 2.83. The van der Waals surface area contributed by atoms with Crippen LogP contribution in [0.1, 0.15) is 12.0 Å². The zero-order chi connectivity index (χ0) is 13.0. The second-order valence-electron chi connectivity index (χ2n) is 4.17. The summed E-state index contributed by atoms with van der Waals surface area (Å²) in [5.74, 6) is 1.05. The lowest BCUT2D eigenvalue weighted by atomic mass is 10.1. The Bertz CT molecular complexity index is 445. The van der Waals surface area contributed by atoms with Crippen molar-refractivity contribution in [1.82, 2.24) is 0 Å². The lowest BCUT2D eigenvalue weighted by Gasteiger charge is -2.13. The van der Waals surface area contributed by atoms with Gasteiger partial charge in [0.15, 0.2) is 5.84 Å². The molecule has 0 aliphatic carbocycles. The summed E-state index contributed by atoms with van der Waals surface area (Å²) in [7, 11) is 0. The van der Waals surface area contributed by atoms with Crippen molar-refractivity contribution in [3.05, 3.63) is 28.2 Å². The van der Waals surface area contributed by atoms with E-state index in [2.05, 4.69) is 21.1 Å². The van der Waals surface area contributed by atoms with Crippen LogP contribution in [0, 0.1) is 5.92 Å². The van der Waals surface area contributed by atoms with Crippen molar-refractivity contribution < 1.29 is 14.7 Å². The molecule has 0 spiro atoms. The smallest absolute Gasteiger partial charge is 0.173 e. The van der Waals surface area contributed by atoms with Gasteiger partial charge in [0.1, 0.15) is 5.75 Å². The summed E-state index contributed by atoms with van der Waals surface area (Å²) in [4.78, 5) is 0. The third-order valence-corrected chi connectivity index (χ3v) is 3.32. The van der Waals surface area contributed by atoms with Crippen molar-refractivity contribution in [3.63, 3.8) is 0 Å². The summed E-state index contributed by atoms with van der Waals surface area (Å²) in [6.45, 7) is 2.09. The minimum atomic E-state index is 0.0418. The Morgan fingerprint density at radius 3 is 3.11 bits per heavy atom. The van der Waals surface area contributed by atoms with Gasteiger partial charge in [0.2, 0.25) is 0 Å². The van der Waals surface area contributed by atoms with Crippen LogP contribution < -0.4 is 10.5 Å². The van der Waals surface area contributed by atoms with Crippen LogP contribution in [-0.2, 0) is 4.74 Å². The van der Waals surface area contributed by atoms with Crippen molar-refractivity contribution in [3.8, 4) is 5.75 Å². The number of rotatable bonds is 4. The van der Waals surface area contributed by atoms with Crippen LogP contribution in [0.4, 0.5) is 0 Å². The van der Waals surface area contributed by atoms with E-state index in [1.807, 2.05) is 12.1 Å². The molecule has 98 valence electrons. The predicted octanol–water partition coefficient (Wildman–Crippen LogP) is 1.96. The molecular weight excluding hydrogens is 300 g/mol. The van der Waals surface area contributed by atoms with Crippen molar-refractivity contribution in [2.24, 2.45) is 16.8 Å². The molecule has 1 atom stereocenters. The summed E-state index contributed by atoms with van der Waals surface area (Å²) in [6.07, 6.45) is 1.01. The van der Waals surface area contributed by atoms with Gasteiger partial charge in [0.25, 0.3) is 0 Å². The molecule has 0 bridgehead atoms. The van der Waals surface area contributed by atoms with Crippen LogP contribution in [0.5, 0.6) is 5.75 Å². The molecule has 0 aromatic heterocycles. The van der Waals surface area contributed by atoms with Gasteiger partial charge in [0.05, 0.1) is 18.8 Å². The van der Waals surface area contributed by atoms with Crippen molar-refractivity contribution in [1.29, 1.82) is 0 Å². The highest BCUT2D eigenvalue weighted by molar-refractivity contribution is 9.10. The van der Waals surface area contributed by atoms with E-state index in [1.165, 1.54) is 0 Å². The average molecular weight is 315 g/mol. The highest BCUT2D eigenvalue weighted by atomic mass is 79.9. The molecule has 1 heterocycles. The molecule has 6 heteroatoms. The Hall–Kier alpha value is -1.27. The molecule has 1 aromatic carbocycles. The first kappa shape index (κ1) is 13.2. The first-order valence-electron chi connectivity index (χ1n) is 5.68. The fourth-order valence-corrected chi connectivity index (χ4v) is 2.14. The Kier molecular flexibility index (Phi) is 4.43. The second kappa shape index (κ2) is 6.06. The van der Waals surface area contributed by atoms with Gasteiger partial charge in [-0.3, -0.25) is 0 Å². The van der Waals surface area contributed by atoms with Gasteiger partial charge in [-0.2, -0.15) is 0 Å². The third kappa shape index (κ3) is 3.14. The first-order chi connectivity index (χ1) is 8.70. The number of benzene rings is 1. The summed E-state index contributed by atoms with van der Waals surface area (Å²) >= 11 is 3.37. The van der Waals surface area contributed by atoms with Crippen LogP contribution in [0.25, 0.3) is 0 Å². The number of amidine groups is 1. The van der Waals surface area contributed by atoms with Gasteiger partial charge in [-0.1, -0.05) is 21.1 Å². The van der Waals surface area contributed by atoms with Gasteiger partial charge in [-0.05, 0) is 24.6 Å². The number of nitrogens with two attached hydrogens (primary N) is 1. The van der Waals surface area contributed by atoms with E-state index in [-0.39, 0.29) is 5.84 Å². The molecule has 18 heavy (non-hydrogen) atoms. The van der Waals surface area contributed by atoms with Crippen LogP contribution in [0.3, 0.4) is 0 Å². The minimum absolute atomic E-state index is 0.0418. The number of oxime groups is 1. The van der Waals surface area contributed by atoms with Gasteiger partial charge in [0, 0.05) is 17.0 Å². The highest BCUT2D eigenvalue weighted by Crippen LogP contribution is 2.25. The van der Waals surface area contributed by atoms with Crippen molar-refractivity contribution >= 4 is 21.8 Å². The number of halogens is 1. The molecule has 0 amide bonds. The topological polar surface area (TPSA) is 77.1 Å². The van der Waals surface area contributed by atoms with E-state index in [1.54, 1.807) is 6.07 Å². The SMILES string of the molecule is N/C(=N/O)c1ccc(Br)cc1OCC1CCOC1. The summed E-state index contributed by atoms with van der Waals surface area (Å²) in [5.41, 5.74) is 6.19. The average Bonchev–Trinajstić information content (AvgIpc) is 2.88. The predicted molar refractivity (Wildman–Crippen MR) is 71.1 cm³/mol. The maximum absolute atomic E-state index is 8.74. The van der Waals surface area contributed by atoms with E-state index >= 15 is 0 Å². The molecule has 3 N–H and O–H groups in total. The zero-order valence-electron chi connectivity index (χ0n) is 9.80. The molecule has 2 rings (SSSR count). The molecule has 0 saturated carbocycles. The maximum atomic E-state index is 8.74. The van der Waals surface area contributed by atoms with Crippen molar-refractivity contribution in [2.45, 2.75) is 6.42 Å². The first-order valence-corrected chi connectivity index (χ1v) is 6.48. The molecule has 1 saturated heterocycles. The highest BCUT2D eigenvalue weighted by Gasteiger charge is 2.17. The molecule has 5 nitrogen and oxygen atoms in total. The van der Waals surface area contributed by atoms with Crippen molar-refractivity contribution in [2.75, 3.05) is 19.8 Å². The quantitative estimate of drug-likeness (QED) is 0.385. The van der Waals surface area contributed by atoms with E-state index in [0.29, 0.717) is 23.8 Å².